The number of benzene rings is 3. The number of hydrogen-bond donors (Lipinski definition) is 0. The van der Waals surface area contributed by atoms with Crippen LogP contribution < -0.4 is 10.0 Å². The molecule has 0 bridgehead atoms. The van der Waals surface area contributed by atoms with Gasteiger partial charge in [0.05, 0.1) is 39.6 Å². The molecule has 3 aromatic carbocycles. The summed E-state index contributed by atoms with van der Waals surface area (Å²) in [7, 11) is 0. The summed E-state index contributed by atoms with van der Waals surface area (Å²) in [6, 6.07) is 24.4. The van der Waals surface area contributed by atoms with Crippen LogP contribution in [-0.2, 0) is 9.59 Å². The van der Waals surface area contributed by atoms with E-state index in [4.69, 9.17) is 0 Å². The maximum absolute atomic E-state index is 14.0. The fraction of sp³-hybridized carbons (Fsp3) is 0.241. The van der Waals surface area contributed by atoms with E-state index in [0.717, 1.165) is 0 Å². The minimum Gasteiger partial charge on any atom is -0.272 e. The number of nitro groups is 1. The third-order valence-corrected chi connectivity index (χ3v) is 7.03. The molecule has 2 unspecified atom stereocenters. The zero-order valence-corrected chi connectivity index (χ0v) is 21.1. The zero-order chi connectivity index (χ0) is 26.8. The molecule has 5 rings (SSSR count). The predicted octanol–water partition coefficient (Wildman–Crippen LogP) is 5.54. The summed E-state index contributed by atoms with van der Waals surface area (Å²) in [4.78, 5) is 39.3. The summed E-state index contributed by atoms with van der Waals surface area (Å²) in [5.41, 5.74) is 2.92. The highest BCUT2D eigenvalue weighted by Crippen LogP contribution is 2.44. The van der Waals surface area contributed by atoms with Crippen LogP contribution in [0.15, 0.2) is 95.1 Å². The van der Waals surface area contributed by atoms with Crippen LogP contribution in [0.2, 0.25) is 0 Å². The van der Waals surface area contributed by atoms with E-state index in [1.165, 1.54) is 22.2 Å². The Hall–Kier alpha value is -4.66. The monoisotopic (exact) mass is 509 g/mol. The van der Waals surface area contributed by atoms with Gasteiger partial charge in [-0.1, -0.05) is 62.4 Å². The molecule has 2 aliphatic heterocycles. The second kappa shape index (κ2) is 10.4. The molecule has 2 heterocycles. The molecule has 0 fully saturated rings. The summed E-state index contributed by atoms with van der Waals surface area (Å²) in [6.45, 7) is 3.83. The number of carbonyl (C=O) groups is 2. The standard InChI is InChI=1S/C29H27N5O4/c1-3-23-26(28(35)32(30-23)20-13-7-5-8-14-20)25(19-12-11-17-22(18-19)34(37)38)27-24(4-2)31-33(29(27)36)21-15-9-6-10-16-21/h5-18,25-27H,3-4H2,1-2H3. The molecule has 2 aliphatic rings. The van der Waals surface area contributed by atoms with E-state index < -0.39 is 22.7 Å². The lowest BCUT2D eigenvalue weighted by molar-refractivity contribution is -0.384. The Morgan fingerprint density at radius 1 is 0.763 bits per heavy atom. The van der Waals surface area contributed by atoms with Crippen LogP contribution in [0.1, 0.15) is 38.2 Å². The van der Waals surface area contributed by atoms with Crippen molar-refractivity contribution in [2.24, 2.45) is 22.0 Å². The molecule has 192 valence electrons. The molecular weight excluding hydrogens is 482 g/mol. The third-order valence-electron chi connectivity index (χ3n) is 7.03. The van der Waals surface area contributed by atoms with E-state index in [0.29, 0.717) is 41.2 Å². The van der Waals surface area contributed by atoms with Crippen LogP contribution >= 0.6 is 0 Å². The van der Waals surface area contributed by atoms with Gasteiger partial charge >= 0.3 is 0 Å². The Morgan fingerprint density at radius 3 is 1.66 bits per heavy atom. The Kier molecular flexibility index (Phi) is 6.83. The van der Waals surface area contributed by atoms with Gasteiger partial charge in [-0.3, -0.25) is 19.7 Å². The third kappa shape index (κ3) is 4.36. The number of nitro benzene ring substituents is 1. The van der Waals surface area contributed by atoms with E-state index in [-0.39, 0.29) is 17.5 Å². The van der Waals surface area contributed by atoms with Gasteiger partial charge in [0.2, 0.25) is 0 Å². The lowest BCUT2D eigenvalue weighted by Crippen LogP contribution is -2.40. The number of hydrogen-bond acceptors (Lipinski definition) is 6. The van der Waals surface area contributed by atoms with Crippen molar-refractivity contribution in [1.29, 1.82) is 0 Å². The number of carbonyl (C=O) groups excluding carboxylic acids is 2. The largest absolute Gasteiger partial charge is 0.272 e. The average molecular weight is 510 g/mol. The molecule has 0 aliphatic carbocycles. The number of hydrazone groups is 2. The molecule has 9 heteroatoms. The van der Waals surface area contributed by atoms with Gasteiger partial charge in [-0.2, -0.15) is 10.2 Å². The summed E-state index contributed by atoms with van der Waals surface area (Å²) in [5, 5.41) is 23.8. The van der Waals surface area contributed by atoms with Crippen molar-refractivity contribution in [2.75, 3.05) is 10.0 Å². The summed E-state index contributed by atoms with van der Waals surface area (Å²) in [5.74, 6) is -2.85. The first kappa shape index (κ1) is 25.0. The van der Waals surface area contributed by atoms with E-state index in [1.807, 2.05) is 50.2 Å². The Balaban J connectivity index is 1.65. The van der Waals surface area contributed by atoms with Crippen LogP contribution in [0.25, 0.3) is 0 Å². The lowest BCUT2D eigenvalue weighted by Gasteiger charge is -2.29. The number of rotatable bonds is 8. The van der Waals surface area contributed by atoms with Gasteiger partial charge in [0.25, 0.3) is 17.5 Å². The Bertz CT molecular complexity index is 1360. The molecule has 38 heavy (non-hydrogen) atoms. The molecular formula is C29H27N5O4. The smallest absolute Gasteiger partial charge is 0.269 e. The Morgan fingerprint density at radius 2 is 1.24 bits per heavy atom. The molecule has 0 saturated carbocycles. The predicted molar refractivity (Wildman–Crippen MR) is 146 cm³/mol. The van der Waals surface area contributed by atoms with E-state index in [9.17, 15) is 19.7 Å². The number of anilines is 2. The first-order valence-electron chi connectivity index (χ1n) is 12.6. The van der Waals surface area contributed by atoms with Crippen molar-refractivity contribution in [3.8, 4) is 0 Å². The van der Waals surface area contributed by atoms with Gasteiger partial charge in [-0.15, -0.1) is 0 Å². The molecule has 0 aromatic heterocycles. The first-order valence-corrected chi connectivity index (χ1v) is 12.6. The molecule has 0 radical (unpaired) electrons. The molecule has 2 amide bonds. The molecule has 0 spiro atoms. The van der Waals surface area contributed by atoms with Crippen molar-refractivity contribution in [2.45, 2.75) is 32.6 Å². The highest BCUT2D eigenvalue weighted by molar-refractivity contribution is 6.20. The van der Waals surface area contributed by atoms with Crippen molar-refractivity contribution in [1.82, 2.24) is 0 Å². The Labute approximate surface area is 220 Å². The van der Waals surface area contributed by atoms with Gasteiger partial charge in [0, 0.05) is 18.1 Å². The van der Waals surface area contributed by atoms with Crippen molar-refractivity contribution in [3.63, 3.8) is 0 Å². The van der Waals surface area contributed by atoms with E-state index >= 15 is 0 Å². The number of non-ortho nitro benzene ring substituents is 1. The second-order valence-corrected chi connectivity index (χ2v) is 9.19. The first-order chi connectivity index (χ1) is 18.4. The second-order valence-electron chi connectivity index (χ2n) is 9.19. The van der Waals surface area contributed by atoms with Crippen molar-refractivity contribution < 1.29 is 14.5 Å². The molecule has 9 nitrogen and oxygen atoms in total. The highest BCUT2D eigenvalue weighted by Gasteiger charge is 2.51. The SMILES string of the molecule is CCC1=NN(c2ccccc2)C(=O)C1C(c1cccc([N+](=O)[O-])c1)C1C(=O)N(c2ccccc2)N=C1CC. The fourth-order valence-corrected chi connectivity index (χ4v) is 5.26. The van der Waals surface area contributed by atoms with Gasteiger partial charge < -0.3 is 0 Å². The maximum atomic E-state index is 14.0. The molecule has 3 aromatic rings. The van der Waals surface area contributed by atoms with Crippen LogP contribution in [0.3, 0.4) is 0 Å². The zero-order valence-electron chi connectivity index (χ0n) is 21.1. The van der Waals surface area contributed by atoms with Gasteiger partial charge in [0.1, 0.15) is 0 Å². The summed E-state index contributed by atoms with van der Waals surface area (Å²) in [6.07, 6.45) is 0.958. The molecule has 0 saturated heterocycles. The average Bonchev–Trinajstić information content (AvgIpc) is 3.46. The topological polar surface area (TPSA) is 108 Å². The van der Waals surface area contributed by atoms with Crippen LogP contribution in [0.4, 0.5) is 17.1 Å². The van der Waals surface area contributed by atoms with Gasteiger partial charge in [0.15, 0.2) is 0 Å². The van der Waals surface area contributed by atoms with E-state index in [2.05, 4.69) is 10.2 Å². The number of para-hydroxylation sites is 2. The van der Waals surface area contributed by atoms with Gasteiger partial charge in [-0.05, 0) is 42.7 Å². The highest BCUT2D eigenvalue weighted by atomic mass is 16.6. The minimum atomic E-state index is -0.788. The van der Waals surface area contributed by atoms with Crippen molar-refractivity contribution in [3.05, 3.63) is 101 Å². The lowest BCUT2D eigenvalue weighted by atomic mass is 9.71. The normalized spacial score (nSPS) is 19.9. The van der Waals surface area contributed by atoms with Crippen LogP contribution in [0.5, 0.6) is 0 Å². The summed E-state index contributed by atoms with van der Waals surface area (Å²) < 4.78 is 0. The molecule has 2 atom stereocenters. The number of amides is 2. The quantitative estimate of drug-likeness (QED) is 0.293. The molecule has 0 N–H and O–H groups in total. The van der Waals surface area contributed by atoms with Gasteiger partial charge in [-0.25, -0.2) is 10.0 Å². The van der Waals surface area contributed by atoms with Crippen LogP contribution in [0, 0.1) is 22.0 Å². The summed E-state index contributed by atoms with van der Waals surface area (Å²) >= 11 is 0. The number of nitrogens with zero attached hydrogens (tertiary/aromatic N) is 5. The fourth-order valence-electron chi connectivity index (χ4n) is 5.26. The van der Waals surface area contributed by atoms with Crippen molar-refractivity contribution >= 4 is 40.3 Å². The maximum Gasteiger partial charge on any atom is 0.269 e. The van der Waals surface area contributed by atoms with E-state index in [1.54, 1.807) is 36.4 Å². The minimum absolute atomic E-state index is 0.104. The van der Waals surface area contributed by atoms with Crippen LogP contribution in [-0.4, -0.2) is 28.2 Å².